The predicted octanol–water partition coefficient (Wildman–Crippen LogP) is 2.64. The summed E-state index contributed by atoms with van der Waals surface area (Å²) in [5, 5.41) is 1.11. The molecule has 0 amide bonds. The second-order valence-electron chi connectivity index (χ2n) is 4.18. The average molecular weight is 219 g/mol. The Bertz CT molecular complexity index is 500. The van der Waals surface area contributed by atoms with Crippen LogP contribution in [0.15, 0.2) is 22.6 Å². The molecule has 1 aromatic heterocycles. The molecular formula is C13H17NO2. The molecule has 1 unspecified atom stereocenters. The lowest BCUT2D eigenvalue weighted by molar-refractivity contribution is 0.415. The van der Waals surface area contributed by atoms with Gasteiger partial charge in [0.05, 0.1) is 7.11 Å². The molecule has 3 nitrogen and oxygen atoms in total. The van der Waals surface area contributed by atoms with E-state index in [-0.39, 0.29) is 6.04 Å². The van der Waals surface area contributed by atoms with E-state index in [9.17, 15) is 0 Å². The molecule has 1 aromatic carbocycles. The molecule has 3 heteroatoms. The quantitative estimate of drug-likeness (QED) is 0.863. The Morgan fingerprint density at radius 2 is 2.19 bits per heavy atom. The Kier molecular flexibility index (Phi) is 2.88. The maximum Gasteiger partial charge on any atom is 0.134 e. The molecule has 16 heavy (non-hydrogen) atoms. The number of hydrogen-bond acceptors (Lipinski definition) is 3. The van der Waals surface area contributed by atoms with Crippen LogP contribution in [-0.4, -0.2) is 13.2 Å². The van der Waals surface area contributed by atoms with Gasteiger partial charge in [0.15, 0.2) is 0 Å². The zero-order chi connectivity index (χ0) is 11.7. The highest BCUT2D eigenvalue weighted by Crippen LogP contribution is 2.29. The highest BCUT2D eigenvalue weighted by molar-refractivity contribution is 5.83. The molecule has 2 aromatic rings. The normalized spacial score (nSPS) is 13.0. The van der Waals surface area contributed by atoms with E-state index in [4.69, 9.17) is 14.9 Å². The van der Waals surface area contributed by atoms with Gasteiger partial charge in [-0.15, -0.1) is 0 Å². The van der Waals surface area contributed by atoms with Crippen LogP contribution >= 0.6 is 0 Å². The van der Waals surface area contributed by atoms with E-state index in [0.717, 1.165) is 28.9 Å². The van der Waals surface area contributed by atoms with Gasteiger partial charge in [-0.1, -0.05) is 0 Å². The third-order valence-corrected chi connectivity index (χ3v) is 2.73. The fraction of sp³-hybridized carbons (Fsp3) is 0.385. The summed E-state index contributed by atoms with van der Waals surface area (Å²) in [6.07, 6.45) is 0.825. The summed E-state index contributed by atoms with van der Waals surface area (Å²) in [6.45, 7) is 3.97. The third kappa shape index (κ3) is 1.91. The molecule has 0 aliphatic carbocycles. The lowest BCUT2D eigenvalue weighted by Crippen LogP contribution is -2.17. The minimum atomic E-state index is 0.130. The first-order chi connectivity index (χ1) is 7.61. The lowest BCUT2D eigenvalue weighted by atomic mass is 10.0. The third-order valence-electron chi connectivity index (χ3n) is 2.73. The molecule has 2 N–H and O–H groups in total. The standard InChI is InChI=1S/C13H17NO2/c1-8(14)6-11-9(2)16-13-5-4-10(15-3)7-12(11)13/h4-5,7-8H,6,14H2,1-3H3. The number of benzene rings is 1. The number of methoxy groups -OCH3 is 1. The molecule has 86 valence electrons. The summed E-state index contributed by atoms with van der Waals surface area (Å²) >= 11 is 0. The molecule has 1 heterocycles. The van der Waals surface area contributed by atoms with Crippen LogP contribution in [0.4, 0.5) is 0 Å². The van der Waals surface area contributed by atoms with Crippen LogP contribution in [0.2, 0.25) is 0 Å². The number of hydrogen-bond donors (Lipinski definition) is 1. The smallest absolute Gasteiger partial charge is 0.134 e. The largest absolute Gasteiger partial charge is 0.497 e. The van der Waals surface area contributed by atoms with E-state index >= 15 is 0 Å². The topological polar surface area (TPSA) is 48.4 Å². The predicted molar refractivity (Wildman–Crippen MR) is 64.9 cm³/mol. The van der Waals surface area contributed by atoms with Crippen LogP contribution in [-0.2, 0) is 6.42 Å². The van der Waals surface area contributed by atoms with Crippen molar-refractivity contribution in [2.45, 2.75) is 26.3 Å². The molecule has 0 bridgehead atoms. The summed E-state index contributed by atoms with van der Waals surface area (Å²) in [7, 11) is 1.67. The van der Waals surface area contributed by atoms with Crippen molar-refractivity contribution in [1.82, 2.24) is 0 Å². The first-order valence-corrected chi connectivity index (χ1v) is 5.43. The zero-order valence-electron chi connectivity index (χ0n) is 9.91. The summed E-state index contributed by atoms with van der Waals surface area (Å²) in [5.74, 6) is 1.79. The number of rotatable bonds is 3. The van der Waals surface area contributed by atoms with Gasteiger partial charge in [0, 0.05) is 17.0 Å². The van der Waals surface area contributed by atoms with Gasteiger partial charge in [0.2, 0.25) is 0 Å². The Balaban J connectivity index is 2.56. The average Bonchev–Trinajstić information content (AvgIpc) is 2.54. The molecule has 0 fully saturated rings. The number of nitrogens with two attached hydrogens (primary N) is 1. The molecule has 0 radical (unpaired) electrons. The van der Waals surface area contributed by atoms with Gasteiger partial charge in [-0.25, -0.2) is 0 Å². The highest BCUT2D eigenvalue weighted by atomic mass is 16.5. The van der Waals surface area contributed by atoms with Gasteiger partial charge < -0.3 is 14.9 Å². The van der Waals surface area contributed by atoms with Crippen LogP contribution in [0.25, 0.3) is 11.0 Å². The molecule has 0 saturated heterocycles. The molecule has 2 rings (SSSR count). The minimum Gasteiger partial charge on any atom is -0.497 e. The van der Waals surface area contributed by atoms with Gasteiger partial charge in [-0.2, -0.15) is 0 Å². The van der Waals surface area contributed by atoms with Crippen LogP contribution < -0.4 is 10.5 Å². The van der Waals surface area contributed by atoms with Gasteiger partial charge in [0.25, 0.3) is 0 Å². The first kappa shape index (κ1) is 11.0. The summed E-state index contributed by atoms with van der Waals surface area (Å²) in [5.41, 5.74) is 7.92. The monoisotopic (exact) mass is 219 g/mol. The zero-order valence-corrected chi connectivity index (χ0v) is 9.91. The van der Waals surface area contributed by atoms with Crippen molar-refractivity contribution >= 4 is 11.0 Å². The Hall–Kier alpha value is -1.48. The molecule has 0 aliphatic rings. The molecular weight excluding hydrogens is 202 g/mol. The molecule has 1 atom stereocenters. The van der Waals surface area contributed by atoms with E-state index in [1.165, 1.54) is 5.56 Å². The Labute approximate surface area is 95.2 Å². The minimum absolute atomic E-state index is 0.130. The summed E-state index contributed by atoms with van der Waals surface area (Å²) in [6, 6.07) is 5.97. The van der Waals surface area contributed by atoms with Crippen molar-refractivity contribution in [3.8, 4) is 5.75 Å². The van der Waals surface area contributed by atoms with E-state index < -0.39 is 0 Å². The molecule has 0 spiro atoms. The number of furan rings is 1. The van der Waals surface area contributed by atoms with E-state index in [2.05, 4.69) is 0 Å². The van der Waals surface area contributed by atoms with Gasteiger partial charge in [-0.05, 0) is 38.5 Å². The van der Waals surface area contributed by atoms with Gasteiger partial charge in [-0.3, -0.25) is 0 Å². The van der Waals surface area contributed by atoms with E-state index in [0.29, 0.717) is 0 Å². The maximum atomic E-state index is 5.84. The Morgan fingerprint density at radius 1 is 1.44 bits per heavy atom. The second kappa shape index (κ2) is 4.18. The summed E-state index contributed by atoms with van der Waals surface area (Å²) in [4.78, 5) is 0. The number of ether oxygens (including phenoxy) is 1. The van der Waals surface area contributed by atoms with Crippen LogP contribution in [0.3, 0.4) is 0 Å². The van der Waals surface area contributed by atoms with Crippen molar-refractivity contribution in [3.05, 3.63) is 29.5 Å². The van der Waals surface area contributed by atoms with Crippen molar-refractivity contribution in [2.24, 2.45) is 5.73 Å². The van der Waals surface area contributed by atoms with Crippen LogP contribution in [0.5, 0.6) is 5.75 Å². The SMILES string of the molecule is COc1ccc2oc(C)c(CC(C)N)c2c1. The van der Waals surface area contributed by atoms with Crippen molar-refractivity contribution in [2.75, 3.05) is 7.11 Å². The fourth-order valence-corrected chi connectivity index (χ4v) is 1.95. The first-order valence-electron chi connectivity index (χ1n) is 5.43. The van der Waals surface area contributed by atoms with Crippen LogP contribution in [0.1, 0.15) is 18.2 Å². The second-order valence-corrected chi connectivity index (χ2v) is 4.18. The van der Waals surface area contributed by atoms with E-state index in [1.54, 1.807) is 7.11 Å². The number of fused-ring (bicyclic) bond motifs is 1. The van der Waals surface area contributed by atoms with E-state index in [1.807, 2.05) is 32.0 Å². The van der Waals surface area contributed by atoms with Crippen molar-refractivity contribution in [1.29, 1.82) is 0 Å². The molecule has 0 aliphatic heterocycles. The lowest BCUT2D eigenvalue weighted by Gasteiger charge is -2.04. The maximum absolute atomic E-state index is 5.84. The number of aryl methyl sites for hydroxylation is 1. The van der Waals surface area contributed by atoms with Gasteiger partial charge in [0.1, 0.15) is 17.1 Å². The Morgan fingerprint density at radius 3 is 2.81 bits per heavy atom. The van der Waals surface area contributed by atoms with Crippen LogP contribution in [0, 0.1) is 6.92 Å². The summed E-state index contributed by atoms with van der Waals surface area (Å²) < 4.78 is 10.9. The fourth-order valence-electron chi connectivity index (χ4n) is 1.95. The van der Waals surface area contributed by atoms with Crippen molar-refractivity contribution < 1.29 is 9.15 Å². The van der Waals surface area contributed by atoms with Gasteiger partial charge >= 0.3 is 0 Å². The van der Waals surface area contributed by atoms with Crippen molar-refractivity contribution in [3.63, 3.8) is 0 Å². The molecule has 0 saturated carbocycles. The highest BCUT2D eigenvalue weighted by Gasteiger charge is 2.12.